The zero-order valence-electron chi connectivity index (χ0n) is 9.25. The Hall–Kier alpha value is -0.0600. The van der Waals surface area contributed by atoms with E-state index in [1.807, 2.05) is 6.92 Å². The molecule has 86 valence electrons. The minimum absolute atomic E-state index is 0.199. The molecule has 0 aromatic rings. The first-order valence-corrected chi connectivity index (χ1v) is 7.21. The van der Waals surface area contributed by atoms with Gasteiger partial charge in [0.25, 0.3) is 0 Å². The number of esters is 1. The molecular formula is C12H19IO2. The Morgan fingerprint density at radius 2 is 2.20 bits per heavy atom. The Kier molecular flexibility index (Phi) is 6.29. The summed E-state index contributed by atoms with van der Waals surface area (Å²) in [6.07, 6.45) is 8.84. The molecule has 1 aliphatic carbocycles. The highest BCUT2D eigenvalue weighted by molar-refractivity contribution is 14.1. The summed E-state index contributed by atoms with van der Waals surface area (Å²) in [4.78, 5) is 11.2. The second-order valence-corrected chi connectivity index (χ2v) is 4.85. The molecule has 0 aromatic heterocycles. The van der Waals surface area contributed by atoms with Crippen LogP contribution in [0.25, 0.3) is 0 Å². The van der Waals surface area contributed by atoms with E-state index in [-0.39, 0.29) is 5.97 Å². The van der Waals surface area contributed by atoms with E-state index in [9.17, 15) is 4.79 Å². The van der Waals surface area contributed by atoms with Crippen molar-refractivity contribution in [1.29, 1.82) is 0 Å². The van der Waals surface area contributed by atoms with Crippen molar-refractivity contribution in [2.45, 2.75) is 32.6 Å². The number of carbonyl (C=O) groups excluding carboxylic acids is 1. The van der Waals surface area contributed by atoms with E-state index in [0.717, 1.165) is 5.92 Å². The average molecular weight is 322 g/mol. The summed E-state index contributed by atoms with van der Waals surface area (Å²) in [7, 11) is 0. The van der Waals surface area contributed by atoms with Gasteiger partial charge in [-0.3, -0.25) is 0 Å². The Balaban J connectivity index is 2.43. The van der Waals surface area contributed by atoms with Crippen LogP contribution in [0.15, 0.2) is 12.2 Å². The molecule has 0 heterocycles. The summed E-state index contributed by atoms with van der Waals surface area (Å²) in [5.41, 5.74) is 0. The molecule has 1 saturated carbocycles. The lowest BCUT2D eigenvalue weighted by molar-refractivity contribution is -0.137. The zero-order chi connectivity index (χ0) is 11.1. The summed E-state index contributed by atoms with van der Waals surface area (Å²) < 4.78 is 6.06. The lowest BCUT2D eigenvalue weighted by atomic mass is 9.80. The molecule has 0 unspecified atom stereocenters. The van der Waals surface area contributed by atoms with Crippen LogP contribution in [0.4, 0.5) is 0 Å². The molecular weight excluding hydrogens is 303 g/mol. The van der Waals surface area contributed by atoms with Crippen LogP contribution in [0, 0.1) is 11.8 Å². The van der Waals surface area contributed by atoms with Gasteiger partial charge in [0.2, 0.25) is 0 Å². The molecule has 2 nitrogen and oxygen atoms in total. The minimum Gasteiger partial charge on any atom is -0.463 e. The van der Waals surface area contributed by atoms with Crippen LogP contribution >= 0.6 is 22.6 Å². The predicted molar refractivity (Wildman–Crippen MR) is 70.1 cm³/mol. The number of alkyl halides is 1. The number of rotatable bonds is 4. The fourth-order valence-corrected chi connectivity index (χ4v) is 3.17. The molecule has 0 spiro atoms. The van der Waals surface area contributed by atoms with Crippen LogP contribution in [0.1, 0.15) is 32.6 Å². The number of hydrogen-bond acceptors (Lipinski definition) is 2. The molecule has 0 bridgehead atoms. The summed E-state index contributed by atoms with van der Waals surface area (Å²) in [6.45, 7) is 2.30. The van der Waals surface area contributed by atoms with E-state index in [0.29, 0.717) is 12.5 Å². The SMILES string of the molecule is CCOC(=O)/C=C/[C@@H]1CCCC[C@H]1CI. The Morgan fingerprint density at radius 1 is 1.47 bits per heavy atom. The van der Waals surface area contributed by atoms with Gasteiger partial charge in [-0.1, -0.05) is 41.5 Å². The van der Waals surface area contributed by atoms with Crippen LogP contribution < -0.4 is 0 Å². The summed E-state index contributed by atoms with van der Waals surface area (Å²) in [5.74, 6) is 1.14. The molecule has 1 aliphatic rings. The van der Waals surface area contributed by atoms with E-state index in [2.05, 4.69) is 28.7 Å². The third-order valence-electron chi connectivity index (χ3n) is 2.93. The summed E-state index contributed by atoms with van der Waals surface area (Å²) >= 11 is 2.45. The molecule has 1 fully saturated rings. The topological polar surface area (TPSA) is 26.3 Å². The quantitative estimate of drug-likeness (QED) is 0.343. The molecule has 0 radical (unpaired) electrons. The molecule has 1 rings (SSSR count). The van der Waals surface area contributed by atoms with E-state index in [1.165, 1.54) is 30.1 Å². The summed E-state index contributed by atoms with van der Waals surface area (Å²) in [5, 5.41) is 0. The van der Waals surface area contributed by atoms with Crippen molar-refractivity contribution in [2.75, 3.05) is 11.0 Å². The number of carbonyl (C=O) groups is 1. The minimum atomic E-state index is -0.199. The second-order valence-electron chi connectivity index (χ2n) is 3.97. The average Bonchev–Trinajstić information content (AvgIpc) is 2.27. The van der Waals surface area contributed by atoms with Crippen molar-refractivity contribution < 1.29 is 9.53 Å². The second kappa shape index (κ2) is 7.25. The monoisotopic (exact) mass is 322 g/mol. The molecule has 2 atom stereocenters. The molecule has 0 aromatic carbocycles. The van der Waals surface area contributed by atoms with Gasteiger partial charge >= 0.3 is 5.97 Å². The van der Waals surface area contributed by atoms with Gasteiger partial charge in [0.15, 0.2) is 0 Å². The van der Waals surface area contributed by atoms with Gasteiger partial charge in [-0.05, 0) is 31.6 Å². The summed E-state index contributed by atoms with van der Waals surface area (Å²) in [6, 6.07) is 0. The van der Waals surface area contributed by atoms with Gasteiger partial charge < -0.3 is 4.74 Å². The molecule has 0 aliphatic heterocycles. The first kappa shape index (κ1) is 13.0. The van der Waals surface area contributed by atoms with Crippen molar-refractivity contribution in [2.24, 2.45) is 11.8 Å². The van der Waals surface area contributed by atoms with Crippen molar-refractivity contribution >= 4 is 28.6 Å². The molecule has 0 N–H and O–H groups in total. The first-order chi connectivity index (χ1) is 7.27. The van der Waals surface area contributed by atoms with Crippen LogP contribution in [0.2, 0.25) is 0 Å². The lowest BCUT2D eigenvalue weighted by Crippen LogP contribution is -2.19. The van der Waals surface area contributed by atoms with Crippen LogP contribution in [0.5, 0.6) is 0 Å². The largest absolute Gasteiger partial charge is 0.463 e. The number of allylic oxidation sites excluding steroid dienone is 1. The number of halogens is 1. The third-order valence-corrected chi connectivity index (χ3v) is 4.06. The predicted octanol–water partition coefficient (Wildman–Crippen LogP) is 3.35. The zero-order valence-corrected chi connectivity index (χ0v) is 11.4. The third kappa shape index (κ3) is 4.53. The molecule has 0 amide bonds. The van der Waals surface area contributed by atoms with E-state index in [4.69, 9.17) is 4.74 Å². The fraction of sp³-hybridized carbons (Fsp3) is 0.750. The van der Waals surface area contributed by atoms with E-state index < -0.39 is 0 Å². The van der Waals surface area contributed by atoms with Crippen molar-refractivity contribution in [3.63, 3.8) is 0 Å². The van der Waals surface area contributed by atoms with E-state index >= 15 is 0 Å². The Labute approximate surface area is 106 Å². The van der Waals surface area contributed by atoms with Crippen molar-refractivity contribution in [3.05, 3.63) is 12.2 Å². The highest BCUT2D eigenvalue weighted by atomic mass is 127. The maximum atomic E-state index is 11.2. The molecule has 3 heteroatoms. The van der Waals surface area contributed by atoms with E-state index in [1.54, 1.807) is 6.08 Å². The van der Waals surface area contributed by atoms with Crippen molar-refractivity contribution in [3.8, 4) is 0 Å². The Morgan fingerprint density at radius 3 is 2.87 bits per heavy atom. The standard InChI is InChI=1S/C12H19IO2/c1-2-15-12(14)8-7-10-5-3-4-6-11(10)9-13/h7-8,10-11H,2-6,9H2,1H3/b8-7+/t10-,11-/m0/s1. The highest BCUT2D eigenvalue weighted by Crippen LogP contribution is 2.32. The number of ether oxygens (including phenoxy) is 1. The van der Waals surface area contributed by atoms with Crippen molar-refractivity contribution in [1.82, 2.24) is 0 Å². The van der Waals surface area contributed by atoms with Crippen LogP contribution in [-0.2, 0) is 9.53 Å². The van der Waals surface area contributed by atoms with Gasteiger partial charge in [0.1, 0.15) is 0 Å². The van der Waals surface area contributed by atoms with Gasteiger partial charge in [-0.25, -0.2) is 4.79 Å². The molecule has 0 saturated heterocycles. The maximum absolute atomic E-state index is 11.2. The highest BCUT2D eigenvalue weighted by Gasteiger charge is 2.21. The number of hydrogen-bond donors (Lipinski definition) is 0. The van der Waals surface area contributed by atoms with Crippen LogP contribution in [0.3, 0.4) is 0 Å². The Bertz CT molecular complexity index is 226. The molecule has 15 heavy (non-hydrogen) atoms. The van der Waals surface area contributed by atoms with Gasteiger partial charge in [0.05, 0.1) is 6.61 Å². The van der Waals surface area contributed by atoms with Gasteiger partial charge in [-0.15, -0.1) is 0 Å². The normalized spacial score (nSPS) is 26.8. The van der Waals surface area contributed by atoms with Crippen LogP contribution in [-0.4, -0.2) is 17.0 Å². The maximum Gasteiger partial charge on any atom is 0.330 e. The lowest BCUT2D eigenvalue weighted by Gasteiger charge is -2.27. The van der Waals surface area contributed by atoms with Gasteiger partial charge in [0, 0.05) is 10.5 Å². The smallest absolute Gasteiger partial charge is 0.330 e. The first-order valence-electron chi connectivity index (χ1n) is 5.68. The van der Waals surface area contributed by atoms with Gasteiger partial charge in [-0.2, -0.15) is 0 Å². The fourth-order valence-electron chi connectivity index (χ4n) is 2.07.